The first-order valence-corrected chi connectivity index (χ1v) is 12.1. The number of pyridine rings is 1. The second-order valence-electron chi connectivity index (χ2n) is 9.01. The lowest BCUT2D eigenvalue weighted by molar-refractivity contribution is 0.309. The van der Waals surface area contributed by atoms with Crippen molar-refractivity contribution in [1.29, 1.82) is 0 Å². The normalized spacial score (nSPS) is 11.5. The molecule has 0 atom stereocenters. The van der Waals surface area contributed by atoms with E-state index in [0.717, 1.165) is 17.0 Å². The third-order valence-electron chi connectivity index (χ3n) is 6.26. The summed E-state index contributed by atoms with van der Waals surface area (Å²) in [5.41, 5.74) is 2.85. The Bertz CT molecular complexity index is 1700. The Morgan fingerprint density at radius 2 is 1.86 bits per heavy atom. The van der Waals surface area contributed by atoms with Gasteiger partial charge < -0.3 is 9.30 Å². The van der Waals surface area contributed by atoms with Crippen molar-refractivity contribution in [2.24, 2.45) is 7.05 Å². The number of hydrogen-bond acceptors (Lipinski definition) is 5. The van der Waals surface area contributed by atoms with E-state index in [9.17, 15) is 9.59 Å². The van der Waals surface area contributed by atoms with Gasteiger partial charge in [-0.1, -0.05) is 35.9 Å². The lowest BCUT2D eigenvalue weighted by Crippen LogP contribution is -2.29. The molecule has 0 saturated heterocycles. The number of nitrogens with zero attached hydrogens (tertiary/aromatic N) is 5. The topological polar surface area (TPSA) is 90.1 Å². The highest BCUT2D eigenvalue weighted by Crippen LogP contribution is 2.22. The monoisotopic (exact) mass is 518 g/mol. The van der Waals surface area contributed by atoms with E-state index in [-0.39, 0.29) is 17.7 Å². The van der Waals surface area contributed by atoms with Gasteiger partial charge in [-0.25, -0.2) is 4.68 Å². The van der Waals surface area contributed by atoms with Crippen LogP contribution < -0.4 is 15.9 Å². The summed E-state index contributed by atoms with van der Waals surface area (Å²) in [6.45, 7) is 1.19. The van der Waals surface area contributed by atoms with Crippen molar-refractivity contribution in [1.82, 2.24) is 29.0 Å². The molecule has 0 bridgehead atoms. The Labute approximate surface area is 218 Å². The summed E-state index contributed by atoms with van der Waals surface area (Å²) in [7, 11) is 5.41. The van der Waals surface area contributed by atoms with Crippen LogP contribution in [0.5, 0.6) is 5.75 Å². The first-order valence-electron chi connectivity index (χ1n) is 11.8. The van der Waals surface area contributed by atoms with Crippen LogP contribution in [0, 0.1) is 0 Å². The zero-order valence-corrected chi connectivity index (χ0v) is 21.6. The Kier molecular flexibility index (Phi) is 6.73. The molecule has 2 aromatic carbocycles. The zero-order valence-electron chi connectivity index (χ0n) is 20.8. The summed E-state index contributed by atoms with van der Waals surface area (Å²) in [6, 6.07) is 18.2. The Morgan fingerprint density at radius 3 is 2.59 bits per heavy atom. The maximum atomic E-state index is 13.7. The largest absolute Gasteiger partial charge is 0.497 e. The van der Waals surface area contributed by atoms with E-state index in [0.29, 0.717) is 40.4 Å². The average Bonchev–Trinajstić information content (AvgIpc) is 3.43. The first-order chi connectivity index (χ1) is 17.8. The number of fused-ring (bicyclic) bond motifs is 1. The van der Waals surface area contributed by atoms with E-state index < -0.39 is 0 Å². The maximum Gasteiger partial charge on any atom is 0.280 e. The lowest BCUT2D eigenvalue weighted by atomic mass is 10.1. The van der Waals surface area contributed by atoms with Gasteiger partial charge in [-0.3, -0.25) is 24.3 Å². The van der Waals surface area contributed by atoms with E-state index in [1.807, 2.05) is 56.7 Å². The average molecular weight is 519 g/mol. The molecule has 0 fully saturated rings. The number of rotatable bonds is 8. The molecule has 3 heterocycles. The Hall–Kier alpha value is -4.08. The van der Waals surface area contributed by atoms with Crippen molar-refractivity contribution in [2.45, 2.75) is 19.6 Å². The fourth-order valence-corrected chi connectivity index (χ4v) is 4.77. The molecular formula is C27H27ClN6O3. The summed E-state index contributed by atoms with van der Waals surface area (Å²) < 4.78 is 10.1. The van der Waals surface area contributed by atoms with E-state index in [4.69, 9.17) is 16.3 Å². The van der Waals surface area contributed by atoms with Crippen LogP contribution in [0.15, 0.2) is 76.4 Å². The third kappa shape index (κ3) is 4.96. The van der Waals surface area contributed by atoms with E-state index in [2.05, 4.69) is 15.1 Å². The van der Waals surface area contributed by atoms with Gasteiger partial charge in [-0.15, -0.1) is 0 Å². The fourth-order valence-electron chi connectivity index (χ4n) is 4.55. The second-order valence-corrected chi connectivity index (χ2v) is 9.42. The Balaban J connectivity index is 1.63. The van der Waals surface area contributed by atoms with Crippen molar-refractivity contribution in [3.8, 4) is 11.4 Å². The minimum absolute atomic E-state index is 0.226. The van der Waals surface area contributed by atoms with E-state index in [1.165, 1.54) is 10.7 Å². The highest BCUT2D eigenvalue weighted by Gasteiger charge is 2.20. The number of hydrogen-bond donors (Lipinski definition) is 1. The fraction of sp³-hybridized carbons (Fsp3) is 0.222. The smallest absolute Gasteiger partial charge is 0.280 e. The van der Waals surface area contributed by atoms with Crippen LogP contribution >= 0.6 is 11.6 Å². The maximum absolute atomic E-state index is 13.7. The van der Waals surface area contributed by atoms with E-state index in [1.54, 1.807) is 34.6 Å². The molecule has 10 heteroatoms. The highest BCUT2D eigenvalue weighted by molar-refractivity contribution is 6.32. The summed E-state index contributed by atoms with van der Waals surface area (Å²) in [4.78, 5) is 29.2. The highest BCUT2D eigenvalue weighted by atomic mass is 35.5. The van der Waals surface area contributed by atoms with Crippen molar-refractivity contribution in [2.75, 3.05) is 14.2 Å². The van der Waals surface area contributed by atoms with Crippen molar-refractivity contribution >= 4 is 22.5 Å². The molecule has 0 radical (unpaired) electrons. The summed E-state index contributed by atoms with van der Waals surface area (Å²) >= 11 is 6.39. The van der Waals surface area contributed by atoms with Crippen LogP contribution in [0.1, 0.15) is 17.0 Å². The van der Waals surface area contributed by atoms with Crippen LogP contribution in [-0.4, -0.2) is 43.2 Å². The summed E-state index contributed by atoms with van der Waals surface area (Å²) in [5.74, 6) is 0.772. The van der Waals surface area contributed by atoms with Gasteiger partial charge in [0.1, 0.15) is 5.75 Å². The molecule has 190 valence electrons. The molecule has 5 rings (SSSR count). The molecule has 3 aromatic heterocycles. The molecule has 0 aliphatic rings. The van der Waals surface area contributed by atoms with E-state index >= 15 is 0 Å². The number of ether oxygens (including phenoxy) is 1. The molecule has 0 unspecified atom stereocenters. The van der Waals surface area contributed by atoms with Gasteiger partial charge in [0, 0.05) is 32.4 Å². The summed E-state index contributed by atoms with van der Waals surface area (Å²) in [5, 5.41) is 8.39. The number of aryl methyl sites for hydroxylation is 1. The van der Waals surface area contributed by atoms with Gasteiger partial charge in [0.2, 0.25) is 0 Å². The van der Waals surface area contributed by atoms with Crippen LogP contribution in [0.2, 0.25) is 5.02 Å². The van der Waals surface area contributed by atoms with Crippen LogP contribution in [-0.2, 0) is 26.7 Å². The molecular weight excluding hydrogens is 492 g/mol. The quantitative estimate of drug-likeness (QED) is 0.339. The van der Waals surface area contributed by atoms with Crippen molar-refractivity contribution in [3.63, 3.8) is 0 Å². The first kappa shape index (κ1) is 24.6. The molecule has 0 saturated carbocycles. The molecule has 0 spiro atoms. The lowest BCUT2D eigenvalue weighted by Gasteiger charge is -2.20. The minimum Gasteiger partial charge on any atom is -0.497 e. The number of halogens is 1. The predicted octanol–water partition coefficient (Wildman–Crippen LogP) is 3.56. The number of para-hydroxylation sites is 1. The number of methoxy groups -OCH3 is 1. The standard InChI is InChI=1S/C27H27ClN6O3/c1-31(15-18-7-6-8-20(13-18)37-3)17-24-26-22(14-25(35)33(24)16-19-11-12-32(2)29-19)30-34(27(26)36)23-10-5-4-9-21(23)28/h4-14,30H,15-17H2,1-3H3. The van der Waals surface area contributed by atoms with Crippen molar-refractivity contribution in [3.05, 3.63) is 110 Å². The molecule has 5 aromatic rings. The number of nitrogens with one attached hydrogen (secondary N) is 1. The van der Waals surface area contributed by atoms with Gasteiger partial charge in [0.15, 0.2) is 0 Å². The predicted molar refractivity (Wildman–Crippen MR) is 144 cm³/mol. The third-order valence-corrected chi connectivity index (χ3v) is 6.58. The summed E-state index contributed by atoms with van der Waals surface area (Å²) in [6.07, 6.45) is 1.83. The number of benzene rings is 2. The molecule has 0 amide bonds. The van der Waals surface area contributed by atoms with Crippen LogP contribution in [0.4, 0.5) is 0 Å². The SMILES string of the molecule is COc1cccc(CN(C)Cc2c3c(=O)n(-c4ccccc4Cl)[nH]c3cc(=O)n2Cc2ccn(C)n2)c1. The molecule has 9 nitrogen and oxygen atoms in total. The molecule has 1 N–H and O–H groups in total. The van der Waals surface area contributed by atoms with Gasteiger partial charge in [-0.05, 0) is 42.9 Å². The van der Waals surface area contributed by atoms with Gasteiger partial charge >= 0.3 is 0 Å². The van der Waals surface area contributed by atoms with Crippen molar-refractivity contribution < 1.29 is 4.74 Å². The van der Waals surface area contributed by atoms with Gasteiger partial charge in [-0.2, -0.15) is 5.10 Å². The number of aromatic nitrogens is 5. The number of H-pyrrole nitrogens is 1. The minimum atomic E-state index is -0.275. The second kappa shape index (κ2) is 10.1. The van der Waals surface area contributed by atoms with Gasteiger partial charge in [0.05, 0.1) is 46.7 Å². The Morgan fingerprint density at radius 1 is 1.05 bits per heavy atom. The number of aromatic amines is 1. The van der Waals surface area contributed by atoms with Gasteiger partial charge in [0.25, 0.3) is 11.1 Å². The molecule has 0 aliphatic carbocycles. The molecule has 37 heavy (non-hydrogen) atoms. The van der Waals surface area contributed by atoms with Crippen LogP contribution in [0.25, 0.3) is 16.6 Å². The van der Waals surface area contributed by atoms with Crippen LogP contribution in [0.3, 0.4) is 0 Å². The molecule has 0 aliphatic heterocycles. The zero-order chi connectivity index (χ0) is 26.1.